The van der Waals surface area contributed by atoms with Gasteiger partial charge in [-0.15, -0.1) is 0 Å². The molecule has 0 radical (unpaired) electrons. The van der Waals surface area contributed by atoms with E-state index in [2.05, 4.69) is 0 Å². The number of hydrogen-bond donors (Lipinski definition) is 0. The summed E-state index contributed by atoms with van der Waals surface area (Å²) in [7, 11) is 0. The van der Waals surface area contributed by atoms with Crippen molar-refractivity contribution in [3.8, 4) is 0 Å². The second kappa shape index (κ2) is 2.77. The summed E-state index contributed by atoms with van der Waals surface area (Å²) in [5.74, 6) is -0.402. The topological polar surface area (TPSA) is 0 Å². The highest BCUT2D eigenvalue weighted by Gasteiger charge is 2.01. The molecular weight excluding hydrogens is 174 g/mol. The van der Waals surface area contributed by atoms with Gasteiger partial charge in [-0.05, 0) is 24.6 Å². The Balaban J connectivity index is 3.31. The van der Waals surface area contributed by atoms with Crippen LogP contribution < -0.4 is 0 Å². The van der Waals surface area contributed by atoms with Crippen molar-refractivity contribution in [2.24, 2.45) is 0 Å². The van der Waals surface area contributed by atoms with Gasteiger partial charge in [0, 0.05) is 10.0 Å². The summed E-state index contributed by atoms with van der Waals surface area (Å²) in [6.45, 7) is 1.74. The molecule has 0 spiro atoms. The van der Waals surface area contributed by atoms with Crippen molar-refractivity contribution in [2.75, 3.05) is 0 Å². The van der Waals surface area contributed by atoms with E-state index in [9.17, 15) is 4.39 Å². The van der Waals surface area contributed by atoms with Gasteiger partial charge in [0.05, 0.1) is 0 Å². The molecule has 1 aromatic rings. The van der Waals surface area contributed by atoms with Crippen LogP contribution >= 0.6 is 23.2 Å². The summed E-state index contributed by atoms with van der Waals surface area (Å²) in [5.41, 5.74) is 0.713. The first-order valence-electron chi connectivity index (χ1n) is 2.72. The van der Waals surface area contributed by atoms with Gasteiger partial charge in [0.1, 0.15) is 5.82 Å². The normalized spacial score (nSPS) is 10.0. The Morgan fingerprint density at radius 2 is 1.60 bits per heavy atom. The summed E-state index contributed by atoms with van der Waals surface area (Å²) in [6.07, 6.45) is 0. The Hall–Kier alpha value is -0.270. The summed E-state index contributed by atoms with van der Waals surface area (Å²) in [4.78, 5) is 0. The fourth-order valence-corrected chi connectivity index (χ4v) is 1.07. The third kappa shape index (κ3) is 1.41. The van der Waals surface area contributed by atoms with E-state index < -0.39 is 5.82 Å². The fourth-order valence-electron chi connectivity index (χ4n) is 0.614. The third-order valence-electron chi connectivity index (χ3n) is 1.25. The van der Waals surface area contributed by atoms with Crippen molar-refractivity contribution in [2.45, 2.75) is 6.92 Å². The zero-order valence-electron chi connectivity index (χ0n) is 5.29. The molecule has 0 aliphatic carbocycles. The lowest BCUT2D eigenvalue weighted by Crippen LogP contribution is -1.80. The minimum Gasteiger partial charge on any atom is -0.207 e. The monoisotopic (exact) mass is 178 g/mol. The SMILES string of the molecule is Cc1c(Cl)cc(F)cc1Cl. The maximum absolute atomic E-state index is 12.4. The van der Waals surface area contributed by atoms with Crippen LogP contribution in [0, 0.1) is 12.7 Å². The molecule has 0 fully saturated rings. The Labute approximate surface area is 68.6 Å². The highest BCUT2D eigenvalue weighted by Crippen LogP contribution is 2.24. The van der Waals surface area contributed by atoms with Gasteiger partial charge in [0.2, 0.25) is 0 Å². The first kappa shape index (κ1) is 7.83. The van der Waals surface area contributed by atoms with E-state index in [0.29, 0.717) is 15.6 Å². The molecule has 0 N–H and O–H groups in total. The fraction of sp³-hybridized carbons (Fsp3) is 0.143. The second-order valence-electron chi connectivity index (χ2n) is 1.99. The molecule has 0 saturated heterocycles. The summed E-state index contributed by atoms with van der Waals surface area (Å²) in [6, 6.07) is 2.48. The molecular formula is C7H5Cl2F. The summed E-state index contributed by atoms with van der Waals surface area (Å²) < 4.78 is 12.4. The van der Waals surface area contributed by atoms with Crippen LogP contribution in [0.1, 0.15) is 5.56 Å². The van der Waals surface area contributed by atoms with E-state index in [1.807, 2.05) is 0 Å². The predicted octanol–water partition coefficient (Wildman–Crippen LogP) is 3.44. The second-order valence-corrected chi connectivity index (χ2v) is 2.81. The quantitative estimate of drug-likeness (QED) is 0.572. The van der Waals surface area contributed by atoms with Crippen molar-refractivity contribution >= 4 is 23.2 Å². The molecule has 0 heterocycles. The standard InChI is InChI=1S/C7H5Cl2F/c1-4-6(8)2-5(10)3-7(4)9/h2-3H,1H3. The Morgan fingerprint density at radius 3 is 2.00 bits per heavy atom. The average Bonchev–Trinajstić information content (AvgIpc) is 1.82. The largest absolute Gasteiger partial charge is 0.207 e. The van der Waals surface area contributed by atoms with E-state index in [-0.39, 0.29) is 0 Å². The van der Waals surface area contributed by atoms with Crippen LogP contribution in [-0.2, 0) is 0 Å². The van der Waals surface area contributed by atoms with Gasteiger partial charge in [0.15, 0.2) is 0 Å². The van der Waals surface area contributed by atoms with E-state index in [1.165, 1.54) is 12.1 Å². The molecule has 0 aromatic heterocycles. The van der Waals surface area contributed by atoms with Crippen molar-refractivity contribution in [1.29, 1.82) is 0 Å². The van der Waals surface area contributed by atoms with Crippen LogP contribution in [-0.4, -0.2) is 0 Å². The van der Waals surface area contributed by atoms with E-state index in [4.69, 9.17) is 23.2 Å². The number of rotatable bonds is 0. The molecule has 0 aliphatic heterocycles. The zero-order chi connectivity index (χ0) is 7.72. The van der Waals surface area contributed by atoms with Crippen LogP contribution in [0.2, 0.25) is 10.0 Å². The highest BCUT2D eigenvalue weighted by molar-refractivity contribution is 6.35. The van der Waals surface area contributed by atoms with Crippen molar-refractivity contribution in [1.82, 2.24) is 0 Å². The minimum absolute atomic E-state index is 0.366. The minimum atomic E-state index is -0.402. The van der Waals surface area contributed by atoms with Crippen LogP contribution in [0.3, 0.4) is 0 Å². The summed E-state index contributed by atoms with van der Waals surface area (Å²) >= 11 is 11.2. The zero-order valence-corrected chi connectivity index (χ0v) is 6.80. The van der Waals surface area contributed by atoms with Crippen LogP contribution in [0.5, 0.6) is 0 Å². The first-order valence-corrected chi connectivity index (χ1v) is 3.48. The molecule has 0 aliphatic rings. The lowest BCUT2D eigenvalue weighted by Gasteiger charge is -1.99. The smallest absolute Gasteiger partial charge is 0.126 e. The van der Waals surface area contributed by atoms with Gasteiger partial charge >= 0.3 is 0 Å². The number of halogens is 3. The van der Waals surface area contributed by atoms with Gasteiger partial charge in [0.25, 0.3) is 0 Å². The van der Waals surface area contributed by atoms with Gasteiger partial charge < -0.3 is 0 Å². The molecule has 0 nitrogen and oxygen atoms in total. The average molecular weight is 179 g/mol. The van der Waals surface area contributed by atoms with Crippen molar-refractivity contribution in [3.63, 3.8) is 0 Å². The maximum atomic E-state index is 12.4. The first-order chi connectivity index (χ1) is 4.61. The van der Waals surface area contributed by atoms with E-state index in [1.54, 1.807) is 6.92 Å². The molecule has 0 unspecified atom stereocenters. The highest BCUT2D eigenvalue weighted by atomic mass is 35.5. The molecule has 0 saturated carbocycles. The predicted molar refractivity (Wildman–Crippen MR) is 41.2 cm³/mol. The van der Waals surface area contributed by atoms with Gasteiger partial charge in [-0.3, -0.25) is 0 Å². The molecule has 0 amide bonds. The molecule has 1 rings (SSSR count). The van der Waals surface area contributed by atoms with Crippen molar-refractivity contribution in [3.05, 3.63) is 33.6 Å². The molecule has 0 atom stereocenters. The van der Waals surface area contributed by atoms with Crippen LogP contribution in [0.25, 0.3) is 0 Å². The van der Waals surface area contributed by atoms with E-state index >= 15 is 0 Å². The van der Waals surface area contributed by atoms with E-state index in [0.717, 1.165) is 0 Å². The maximum Gasteiger partial charge on any atom is 0.126 e. The third-order valence-corrected chi connectivity index (χ3v) is 2.03. The van der Waals surface area contributed by atoms with Crippen molar-refractivity contribution < 1.29 is 4.39 Å². The van der Waals surface area contributed by atoms with Crippen LogP contribution in [0.4, 0.5) is 4.39 Å². The van der Waals surface area contributed by atoms with Gasteiger partial charge in [-0.25, -0.2) is 4.39 Å². The number of benzene rings is 1. The summed E-state index contributed by atoms with van der Waals surface area (Å²) in [5, 5.41) is 0.731. The molecule has 10 heavy (non-hydrogen) atoms. The molecule has 54 valence electrons. The Morgan fingerprint density at radius 1 is 1.20 bits per heavy atom. The molecule has 3 heteroatoms. The van der Waals surface area contributed by atoms with Crippen LogP contribution in [0.15, 0.2) is 12.1 Å². The Kier molecular flexibility index (Phi) is 2.17. The lowest BCUT2D eigenvalue weighted by atomic mass is 10.2. The van der Waals surface area contributed by atoms with Gasteiger partial charge in [-0.1, -0.05) is 23.2 Å². The lowest BCUT2D eigenvalue weighted by molar-refractivity contribution is 0.627. The molecule has 1 aromatic carbocycles. The van der Waals surface area contributed by atoms with Gasteiger partial charge in [-0.2, -0.15) is 0 Å². The number of hydrogen-bond acceptors (Lipinski definition) is 0. The molecule has 0 bridgehead atoms. The Bertz CT molecular complexity index is 235.